The lowest BCUT2D eigenvalue weighted by Crippen LogP contribution is -2.22. The molecule has 106 valence electrons. The van der Waals surface area contributed by atoms with Gasteiger partial charge in [-0.3, -0.25) is 10.1 Å². The van der Waals surface area contributed by atoms with Crippen LogP contribution < -0.4 is 5.32 Å². The van der Waals surface area contributed by atoms with Gasteiger partial charge in [-0.25, -0.2) is 4.98 Å². The van der Waals surface area contributed by atoms with E-state index in [0.29, 0.717) is 23.7 Å². The predicted octanol–water partition coefficient (Wildman–Crippen LogP) is 2.21. The maximum absolute atomic E-state index is 10.6. The molecule has 0 aliphatic rings. The standard InChI is InChI=1S/C12H19N3O3S/c1-9-6-11(14-7-10(9)15(17)18)13-4-5-19-8-12(2,3)16/h6-7,16H,4-5,8H2,1-3H3,(H,13,14). The summed E-state index contributed by atoms with van der Waals surface area (Å²) in [7, 11) is 0. The molecule has 1 rings (SSSR count). The van der Waals surface area contributed by atoms with E-state index in [-0.39, 0.29) is 5.69 Å². The minimum absolute atomic E-state index is 0.0296. The highest BCUT2D eigenvalue weighted by Gasteiger charge is 2.12. The summed E-state index contributed by atoms with van der Waals surface area (Å²) < 4.78 is 0. The molecule has 0 atom stereocenters. The molecule has 2 N–H and O–H groups in total. The fraction of sp³-hybridized carbons (Fsp3) is 0.583. The number of aryl methyl sites for hydroxylation is 1. The summed E-state index contributed by atoms with van der Waals surface area (Å²) in [6, 6.07) is 1.67. The van der Waals surface area contributed by atoms with Crippen molar-refractivity contribution in [2.45, 2.75) is 26.4 Å². The summed E-state index contributed by atoms with van der Waals surface area (Å²) in [5, 5.41) is 23.3. The van der Waals surface area contributed by atoms with Crippen LogP contribution in [0.15, 0.2) is 12.3 Å². The van der Waals surface area contributed by atoms with E-state index in [1.54, 1.807) is 38.6 Å². The second kappa shape index (κ2) is 6.72. The molecule has 0 aliphatic carbocycles. The van der Waals surface area contributed by atoms with Crippen LogP contribution >= 0.6 is 11.8 Å². The van der Waals surface area contributed by atoms with Crippen molar-refractivity contribution in [3.8, 4) is 0 Å². The largest absolute Gasteiger partial charge is 0.390 e. The summed E-state index contributed by atoms with van der Waals surface area (Å²) in [6.07, 6.45) is 1.27. The highest BCUT2D eigenvalue weighted by molar-refractivity contribution is 7.99. The van der Waals surface area contributed by atoms with Crippen LogP contribution in [0.3, 0.4) is 0 Å². The molecular weight excluding hydrogens is 266 g/mol. The van der Waals surface area contributed by atoms with Crippen LogP contribution in [-0.2, 0) is 0 Å². The molecule has 0 radical (unpaired) electrons. The first-order valence-corrected chi connectivity index (χ1v) is 7.10. The van der Waals surface area contributed by atoms with E-state index in [1.807, 2.05) is 0 Å². The Balaban J connectivity index is 2.38. The first-order valence-electron chi connectivity index (χ1n) is 5.94. The van der Waals surface area contributed by atoms with Crippen LogP contribution in [0.5, 0.6) is 0 Å². The monoisotopic (exact) mass is 285 g/mol. The first-order chi connectivity index (χ1) is 8.79. The Morgan fingerprint density at radius 2 is 2.26 bits per heavy atom. The summed E-state index contributed by atoms with van der Waals surface area (Å²) in [4.78, 5) is 14.2. The van der Waals surface area contributed by atoms with Crippen molar-refractivity contribution in [1.82, 2.24) is 4.98 Å². The molecule has 0 aliphatic heterocycles. The number of nitrogens with one attached hydrogen (secondary N) is 1. The van der Waals surface area contributed by atoms with Crippen molar-refractivity contribution >= 4 is 23.3 Å². The van der Waals surface area contributed by atoms with Gasteiger partial charge in [0.25, 0.3) is 5.69 Å². The Morgan fingerprint density at radius 1 is 1.58 bits per heavy atom. The molecule has 0 aromatic carbocycles. The normalized spacial score (nSPS) is 11.4. The lowest BCUT2D eigenvalue weighted by molar-refractivity contribution is -0.385. The minimum atomic E-state index is -0.660. The number of hydrogen-bond acceptors (Lipinski definition) is 6. The fourth-order valence-electron chi connectivity index (χ4n) is 1.41. The van der Waals surface area contributed by atoms with Crippen molar-refractivity contribution in [2.24, 2.45) is 0 Å². The van der Waals surface area contributed by atoms with Crippen LogP contribution in [0.1, 0.15) is 19.4 Å². The van der Waals surface area contributed by atoms with E-state index in [0.717, 1.165) is 5.75 Å². The summed E-state index contributed by atoms with van der Waals surface area (Å²) in [6.45, 7) is 5.93. The average Bonchev–Trinajstić information content (AvgIpc) is 2.26. The van der Waals surface area contributed by atoms with Gasteiger partial charge in [0.2, 0.25) is 0 Å². The fourth-order valence-corrected chi connectivity index (χ4v) is 2.30. The van der Waals surface area contributed by atoms with Gasteiger partial charge in [-0.05, 0) is 26.8 Å². The smallest absolute Gasteiger partial charge is 0.290 e. The summed E-state index contributed by atoms with van der Waals surface area (Å²) >= 11 is 1.64. The molecule has 0 fully saturated rings. The van der Waals surface area contributed by atoms with Gasteiger partial charge < -0.3 is 10.4 Å². The molecule has 0 unspecified atom stereocenters. The lowest BCUT2D eigenvalue weighted by atomic mass is 10.2. The van der Waals surface area contributed by atoms with E-state index < -0.39 is 10.5 Å². The van der Waals surface area contributed by atoms with Gasteiger partial charge in [0.1, 0.15) is 12.0 Å². The number of thioether (sulfide) groups is 1. The number of rotatable bonds is 7. The number of nitrogens with zero attached hydrogens (tertiary/aromatic N) is 2. The maximum Gasteiger partial charge on any atom is 0.290 e. The number of aliphatic hydroxyl groups is 1. The molecule has 7 heteroatoms. The van der Waals surface area contributed by atoms with E-state index in [9.17, 15) is 15.2 Å². The van der Waals surface area contributed by atoms with Crippen molar-refractivity contribution < 1.29 is 10.0 Å². The second-order valence-corrected chi connectivity index (χ2v) is 6.01. The first kappa shape index (κ1) is 15.7. The van der Waals surface area contributed by atoms with Gasteiger partial charge in [-0.2, -0.15) is 11.8 Å². The summed E-state index contributed by atoms with van der Waals surface area (Å²) in [5.74, 6) is 2.13. The predicted molar refractivity (Wildman–Crippen MR) is 77.7 cm³/mol. The van der Waals surface area contributed by atoms with E-state index in [2.05, 4.69) is 10.3 Å². The topological polar surface area (TPSA) is 88.3 Å². The molecule has 19 heavy (non-hydrogen) atoms. The van der Waals surface area contributed by atoms with E-state index >= 15 is 0 Å². The number of anilines is 1. The Labute approximate surface area is 116 Å². The van der Waals surface area contributed by atoms with Gasteiger partial charge in [0.05, 0.1) is 10.5 Å². The van der Waals surface area contributed by atoms with Crippen molar-refractivity contribution in [2.75, 3.05) is 23.4 Å². The van der Waals surface area contributed by atoms with E-state index in [1.165, 1.54) is 6.20 Å². The third kappa shape index (κ3) is 5.89. The molecule has 0 amide bonds. The van der Waals surface area contributed by atoms with Crippen molar-refractivity contribution in [3.05, 3.63) is 27.9 Å². The molecule has 0 bridgehead atoms. The molecule has 1 aromatic heterocycles. The van der Waals surface area contributed by atoms with Crippen LogP contribution in [0.25, 0.3) is 0 Å². The van der Waals surface area contributed by atoms with Crippen LogP contribution in [-0.4, -0.2) is 38.7 Å². The minimum Gasteiger partial charge on any atom is -0.390 e. The quantitative estimate of drug-likeness (QED) is 0.453. The van der Waals surface area contributed by atoms with Crippen LogP contribution in [0.4, 0.5) is 11.5 Å². The maximum atomic E-state index is 10.6. The Kier molecular flexibility index (Phi) is 5.56. The second-order valence-electron chi connectivity index (χ2n) is 4.90. The third-order valence-corrected chi connectivity index (χ3v) is 3.69. The van der Waals surface area contributed by atoms with Gasteiger partial charge in [-0.15, -0.1) is 0 Å². The molecule has 0 saturated carbocycles. The van der Waals surface area contributed by atoms with Gasteiger partial charge in [0, 0.05) is 23.6 Å². The number of nitro groups is 1. The summed E-state index contributed by atoms with van der Waals surface area (Å²) in [5.41, 5.74) is -0.0408. The van der Waals surface area contributed by atoms with Gasteiger partial charge in [-0.1, -0.05) is 0 Å². The SMILES string of the molecule is Cc1cc(NCCSCC(C)(C)O)ncc1[N+](=O)[O-]. The molecular formula is C12H19N3O3S. The zero-order valence-corrected chi connectivity index (χ0v) is 12.2. The van der Waals surface area contributed by atoms with Crippen molar-refractivity contribution in [3.63, 3.8) is 0 Å². The molecule has 6 nitrogen and oxygen atoms in total. The highest BCUT2D eigenvalue weighted by Crippen LogP contribution is 2.19. The number of aromatic nitrogens is 1. The Bertz CT molecular complexity index is 446. The number of pyridine rings is 1. The Morgan fingerprint density at radius 3 is 2.79 bits per heavy atom. The van der Waals surface area contributed by atoms with Crippen molar-refractivity contribution in [1.29, 1.82) is 0 Å². The molecule has 1 heterocycles. The van der Waals surface area contributed by atoms with Gasteiger partial charge in [0.15, 0.2) is 0 Å². The van der Waals surface area contributed by atoms with Crippen LogP contribution in [0.2, 0.25) is 0 Å². The van der Waals surface area contributed by atoms with E-state index in [4.69, 9.17) is 0 Å². The third-order valence-electron chi connectivity index (χ3n) is 2.29. The van der Waals surface area contributed by atoms with Gasteiger partial charge >= 0.3 is 0 Å². The molecule has 1 aromatic rings. The average molecular weight is 285 g/mol. The molecule has 0 saturated heterocycles. The zero-order valence-electron chi connectivity index (χ0n) is 11.3. The Hall–Kier alpha value is -1.34. The zero-order chi connectivity index (χ0) is 14.5. The number of hydrogen-bond donors (Lipinski definition) is 2. The molecule has 0 spiro atoms. The highest BCUT2D eigenvalue weighted by atomic mass is 32.2. The lowest BCUT2D eigenvalue weighted by Gasteiger charge is -2.16. The van der Waals surface area contributed by atoms with Crippen LogP contribution in [0, 0.1) is 17.0 Å².